The number of carbonyl (C=O) groups is 1. The van der Waals surface area contributed by atoms with Crippen LogP contribution in [0.4, 0.5) is 0 Å². The molecule has 1 saturated heterocycles. The Kier molecular flexibility index (Phi) is 3.69. The molecule has 76 valence electrons. The molecule has 1 unspecified atom stereocenters. The van der Waals surface area contributed by atoms with Crippen molar-refractivity contribution in [3.8, 4) is 0 Å². The normalized spacial score (nSPS) is 26.2. The van der Waals surface area contributed by atoms with Crippen molar-refractivity contribution in [1.29, 1.82) is 0 Å². The molecule has 1 rings (SSSR count). The van der Waals surface area contributed by atoms with Crippen molar-refractivity contribution < 1.29 is 15.0 Å². The van der Waals surface area contributed by atoms with Crippen molar-refractivity contribution in [2.45, 2.75) is 38.3 Å². The summed E-state index contributed by atoms with van der Waals surface area (Å²) in [5.74, 6) is -0.768. The molecular weight excluding hydrogens is 170 g/mol. The molecule has 0 aromatic heterocycles. The Bertz CT molecular complexity index is 184. The molecule has 2 atom stereocenters. The maximum atomic E-state index is 10.5. The topological polar surface area (TPSA) is 60.8 Å². The molecule has 0 spiro atoms. The maximum Gasteiger partial charge on any atom is 0.304 e. The number of aliphatic carboxylic acids is 1. The molecule has 4 heteroatoms. The number of nitrogens with zero attached hydrogens (tertiary/aromatic N) is 1. The first-order chi connectivity index (χ1) is 6.15. The lowest BCUT2D eigenvalue weighted by Crippen LogP contribution is -2.40. The highest BCUT2D eigenvalue weighted by Crippen LogP contribution is 2.20. The molecule has 1 fully saturated rings. The standard InChI is InChI=1S/C9H17NO3/c1-7(5-9(12)13)10-4-2-3-8(10)6-11/h7-8,11H,2-6H2,1H3,(H,12,13)/t7?,8-/m0/s1. The van der Waals surface area contributed by atoms with Gasteiger partial charge >= 0.3 is 5.97 Å². The van der Waals surface area contributed by atoms with Crippen LogP contribution < -0.4 is 0 Å². The van der Waals surface area contributed by atoms with E-state index in [0.717, 1.165) is 19.4 Å². The minimum atomic E-state index is -0.768. The van der Waals surface area contributed by atoms with Crippen molar-refractivity contribution in [1.82, 2.24) is 4.90 Å². The SMILES string of the molecule is CC(CC(=O)O)N1CCC[C@H]1CO. The van der Waals surface area contributed by atoms with Gasteiger partial charge in [0.25, 0.3) is 0 Å². The molecule has 0 saturated carbocycles. The van der Waals surface area contributed by atoms with Crippen LogP contribution in [0.3, 0.4) is 0 Å². The Morgan fingerprint density at radius 1 is 1.69 bits per heavy atom. The van der Waals surface area contributed by atoms with E-state index in [-0.39, 0.29) is 25.1 Å². The highest BCUT2D eigenvalue weighted by molar-refractivity contribution is 5.67. The fourth-order valence-corrected chi connectivity index (χ4v) is 2.00. The van der Waals surface area contributed by atoms with Crippen LogP contribution in [0.2, 0.25) is 0 Å². The lowest BCUT2D eigenvalue weighted by Gasteiger charge is -2.28. The van der Waals surface area contributed by atoms with E-state index in [1.54, 1.807) is 0 Å². The van der Waals surface area contributed by atoms with Crippen LogP contribution in [0.5, 0.6) is 0 Å². The molecule has 1 aliphatic rings. The van der Waals surface area contributed by atoms with E-state index in [1.165, 1.54) is 0 Å². The summed E-state index contributed by atoms with van der Waals surface area (Å²) in [4.78, 5) is 12.6. The number of carboxylic acids is 1. The van der Waals surface area contributed by atoms with Crippen molar-refractivity contribution in [3.63, 3.8) is 0 Å². The predicted octanol–water partition coefficient (Wildman–Crippen LogP) is 0.306. The van der Waals surface area contributed by atoms with Gasteiger partial charge in [-0.05, 0) is 26.3 Å². The van der Waals surface area contributed by atoms with E-state index < -0.39 is 5.97 Å². The van der Waals surface area contributed by atoms with Gasteiger partial charge in [-0.2, -0.15) is 0 Å². The molecule has 0 bridgehead atoms. The quantitative estimate of drug-likeness (QED) is 0.665. The summed E-state index contributed by atoms with van der Waals surface area (Å²) in [6.45, 7) is 2.96. The van der Waals surface area contributed by atoms with Gasteiger partial charge in [-0.3, -0.25) is 9.69 Å². The van der Waals surface area contributed by atoms with Gasteiger partial charge in [0.2, 0.25) is 0 Å². The first-order valence-corrected chi connectivity index (χ1v) is 4.73. The number of aliphatic hydroxyl groups excluding tert-OH is 1. The number of hydrogen-bond donors (Lipinski definition) is 2. The summed E-state index contributed by atoms with van der Waals surface area (Å²) in [5.41, 5.74) is 0. The van der Waals surface area contributed by atoms with Crippen LogP contribution in [-0.2, 0) is 4.79 Å². The number of carboxylic acid groups (broad SMARTS) is 1. The van der Waals surface area contributed by atoms with Crippen molar-refractivity contribution in [3.05, 3.63) is 0 Å². The minimum absolute atomic E-state index is 0.0390. The van der Waals surface area contributed by atoms with Gasteiger partial charge in [0.1, 0.15) is 0 Å². The lowest BCUT2D eigenvalue weighted by atomic mass is 10.1. The second kappa shape index (κ2) is 4.58. The highest BCUT2D eigenvalue weighted by Gasteiger charge is 2.28. The zero-order valence-corrected chi connectivity index (χ0v) is 7.94. The molecule has 0 amide bonds. The van der Waals surface area contributed by atoms with E-state index in [1.807, 2.05) is 6.92 Å². The lowest BCUT2D eigenvalue weighted by molar-refractivity contribution is -0.138. The summed E-state index contributed by atoms with van der Waals surface area (Å²) in [7, 11) is 0. The number of likely N-dealkylation sites (tertiary alicyclic amines) is 1. The van der Waals surface area contributed by atoms with Crippen LogP contribution in [0.15, 0.2) is 0 Å². The van der Waals surface area contributed by atoms with Crippen molar-refractivity contribution >= 4 is 5.97 Å². The number of hydrogen-bond acceptors (Lipinski definition) is 3. The van der Waals surface area contributed by atoms with E-state index >= 15 is 0 Å². The van der Waals surface area contributed by atoms with Crippen LogP contribution in [-0.4, -0.2) is 46.3 Å². The van der Waals surface area contributed by atoms with Gasteiger partial charge in [-0.1, -0.05) is 0 Å². The Labute approximate surface area is 78.2 Å². The zero-order valence-electron chi connectivity index (χ0n) is 7.94. The van der Waals surface area contributed by atoms with E-state index in [0.29, 0.717) is 0 Å². The minimum Gasteiger partial charge on any atom is -0.481 e. The van der Waals surface area contributed by atoms with Gasteiger partial charge in [0.05, 0.1) is 13.0 Å². The monoisotopic (exact) mass is 187 g/mol. The van der Waals surface area contributed by atoms with Crippen LogP contribution in [0.25, 0.3) is 0 Å². The molecule has 0 aromatic rings. The molecule has 13 heavy (non-hydrogen) atoms. The molecule has 1 aliphatic heterocycles. The molecule has 2 N–H and O–H groups in total. The van der Waals surface area contributed by atoms with Crippen LogP contribution in [0.1, 0.15) is 26.2 Å². The Morgan fingerprint density at radius 2 is 2.38 bits per heavy atom. The average molecular weight is 187 g/mol. The smallest absolute Gasteiger partial charge is 0.304 e. The molecule has 0 aromatic carbocycles. The van der Waals surface area contributed by atoms with Gasteiger partial charge in [0.15, 0.2) is 0 Å². The molecule has 0 radical (unpaired) electrons. The first-order valence-electron chi connectivity index (χ1n) is 4.73. The summed E-state index contributed by atoms with van der Waals surface area (Å²) in [5, 5.41) is 17.6. The van der Waals surface area contributed by atoms with E-state index in [2.05, 4.69) is 4.90 Å². The van der Waals surface area contributed by atoms with E-state index in [9.17, 15) is 4.79 Å². The summed E-state index contributed by atoms with van der Waals surface area (Å²) < 4.78 is 0. The largest absolute Gasteiger partial charge is 0.481 e. The van der Waals surface area contributed by atoms with Crippen LogP contribution in [0, 0.1) is 0 Å². The third-order valence-electron chi connectivity index (χ3n) is 2.67. The molecule has 4 nitrogen and oxygen atoms in total. The van der Waals surface area contributed by atoms with Gasteiger partial charge in [-0.15, -0.1) is 0 Å². The predicted molar refractivity (Wildman–Crippen MR) is 48.5 cm³/mol. The third-order valence-corrected chi connectivity index (χ3v) is 2.67. The van der Waals surface area contributed by atoms with E-state index in [4.69, 9.17) is 10.2 Å². The van der Waals surface area contributed by atoms with Gasteiger partial charge in [-0.25, -0.2) is 0 Å². The molecule has 0 aliphatic carbocycles. The summed E-state index contributed by atoms with van der Waals surface area (Å²) >= 11 is 0. The summed E-state index contributed by atoms with van der Waals surface area (Å²) in [6, 6.07) is 0.214. The average Bonchev–Trinajstić information content (AvgIpc) is 2.49. The van der Waals surface area contributed by atoms with Crippen molar-refractivity contribution in [2.75, 3.05) is 13.2 Å². The molecular formula is C9H17NO3. The second-order valence-corrected chi connectivity index (χ2v) is 3.66. The van der Waals surface area contributed by atoms with Gasteiger partial charge in [0, 0.05) is 12.1 Å². The van der Waals surface area contributed by atoms with Crippen molar-refractivity contribution in [2.24, 2.45) is 0 Å². The summed E-state index contributed by atoms with van der Waals surface area (Å²) in [6.07, 6.45) is 2.21. The Hall–Kier alpha value is -0.610. The fourth-order valence-electron chi connectivity index (χ4n) is 2.00. The van der Waals surface area contributed by atoms with Gasteiger partial charge < -0.3 is 10.2 Å². The number of aliphatic hydroxyl groups is 1. The maximum absolute atomic E-state index is 10.5. The first kappa shape index (κ1) is 10.5. The van der Waals surface area contributed by atoms with Crippen LogP contribution >= 0.6 is 0 Å². The Balaban J connectivity index is 2.44. The third kappa shape index (κ3) is 2.67. The highest BCUT2D eigenvalue weighted by atomic mass is 16.4. The zero-order chi connectivity index (χ0) is 9.84. The number of rotatable bonds is 4. The second-order valence-electron chi connectivity index (χ2n) is 3.66. The Morgan fingerprint density at radius 3 is 2.92 bits per heavy atom. The molecule has 1 heterocycles. The fraction of sp³-hybridized carbons (Fsp3) is 0.889.